The molecule has 0 aliphatic rings. The fraction of sp³-hybridized carbons (Fsp3) is 0.143. The van der Waals surface area contributed by atoms with Gasteiger partial charge in [-0.1, -0.05) is 17.7 Å². The Morgan fingerprint density at radius 3 is 2.39 bits per heavy atom. The van der Waals surface area contributed by atoms with Crippen LogP contribution in [0.5, 0.6) is 0 Å². The van der Waals surface area contributed by atoms with Gasteiger partial charge in [0.25, 0.3) is 11.5 Å². The number of aryl methyl sites for hydroxylation is 2. The minimum Gasteiger partial charge on any atom is -0.328 e. The molecule has 0 radical (unpaired) electrons. The van der Waals surface area contributed by atoms with Crippen molar-refractivity contribution in [2.75, 3.05) is 5.32 Å². The van der Waals surface area contributed by atoms with Crippen LogP contribution >= 0.6 is 0 Å². The van der Waals surface area contributed by atoms with Crippen LogP contribution in [0.15, 0.2) is 41.3 Å². The zero-order valence-corrected chi connectivity index (χ0v) is 10.3. The molecule has 0 saturated carbocycles. The maximum absolute atomic E-state index is 12.0. The van der Waals surface area contributed by atoms with Crippen LogP contribution in [0.3, 0.4) is 0 Å². The maximum atomic E-state index is 12.0. The summed E-state index contributed by atoms with van der Waals surface area (Å²) in [6.45, 7) is 3.71. The van der Waals surface area contributed by atoms with Crippen LogP contribution in [-0.2, 0) is 0 Å². The average molecular weight is 242 g/mol. The van der Waals surface area contributed by atoms with Gasteiger partial charge in [0.05, 0.1) is 0 Å². The summed E-state index contributed by atoms with van der Waals surface area (Å²) in [5.41, 5.74) is 2.22. The normalized spacial score (nSPS) is 10.1. The van der Waals surface area contributed by atoms with Crippen molar-refractivity contribution in [2.45, 2.75) is 13.8 Å². The Kier molecular flexibility index (Phi) is 3.28. The minimum atomic E-state index is -0.391. The topological polar surface area (TPSA) is 62.0 Å². The molecule has 2 rings (SSSR count). The number of rotatable bonds is 2. The lowest BCUT2D eigenvalue weighted by atomic mass is 10.1. The van der Waals surface area contributed by atoms with E-state index in [0.29, 0.717) is 11.3 Å². The molecule has 0 aliphatic carbocycles. The fourth-order valence-electron chi connectivity index (χ4n) is 1.69. The highest BCUT2D eigenvalue weighted by Crippen LogP contribution is 2.10. The van der Waals surface area contributed by atoms with E-state index in [1.165, 1.54) is 6.20 Å². The van der Waals surface area contributed by atoms with Crippen molar-refractivity contribution in [3.05, 3.63) is 63.6 Å². The molecule has 0 atom stereocenters. The number of benzene rings is 1. The van der Waals surface area contributed by atoms with E-state index >= 15 is 0 Å². The summed E-state index contributed by atoms with van der Waals surface area (Å²) in [7, 11) is 0. The first-order valence-electron chi connectivity index (χ1n) is 5.64. The number of H-pyrrole nitrogens is 1. The van der Waals surface area contributed by atoms with E-state index in [1.54, 1.807) is 25.1 Å². The van der Waals surface area contributed by atoms with Crippen molar-refractivity contribution in [2.24, 2.45) is 0 Å². The van der Waals surface area contributed by atoms with E-state index in [4.69, 9.17) is 0 Å². The van der Waals surface area contributed by atoms with Gasteiger partial charge in [0.15, 0.2) is 0 Å². The van der Waals surface area contributed by atoms with Crippen molar-refractivity contribution in [1.82, 2.24) is 4.98 Å². The first-order chi connectivity index (χ1) is 8.58. The van der Waals surface area contributed by atoms with Crippen LogP contribution in [0.4, 0.5) is 5.69 Å². The van der Waals surface area contributed by atoms with Gasteiger partial charge in [-0.05, 0) is 37.6 Å². The van der Waals surface area contributed by atoms with Crippen LogP contribution in [0, 0.1) is 13.8 Å². The molecular weight excluding hydrogens is 228 g/mol. The number of aromatic amines is 1. The van der Waals surface area contributed by atoms with E-state index in [2.05, 4.69) is 10.3 Å². The molecule has 2 aromatic rings. The lowest BCUT2D eigenvalue weighted by molar-refractivity contribution is 0.102. The van der Waals surface area contributed by atoms with Gasteiger partial charge >= 0.3 is 0 Å². The molecule has 1 aromatic heterocycles. The molecule has 4 heteroatoms. The average Bonchev–Trinajstić information content (AvgIpc) is 2.32. The van der Waals surface area contributed by atoms with Crippen LogP contribution in [0.1, 0.15) is 21.5 Å². The number of carbonyl (C=O) groups is 1. The molecule has 1 amide bonds. The summed E-state index contributed by atoms with van der Waals surface area (Å²) < 4.78 is 0. The fourth-order valence-corrected chi connectivity index (χ4v) is 1.69. The number of nitrogens with one attached hydrogen (secondary N) is 2. The van der Waals surface area contributed by atoms with Crippen molar-refractivity contribution < 1.29 is 4.79 Å². The molecule has 92 valence electrons. The van der Waals surface area contributed by atoms with Crippen LogP contribution in [0.25, 0.3) is 0 Å². The van der Waals surface area contributed by atoms with Crippen molar-refractivity contribution in [3.63, 3.8) is 0 Å². The Morgan fingerprint density at radius 2 is 1.78 bits per heavy atom. The van der Waals surface area contributed by atoms with Gasteiger partial charge in [0, 0.05) is 11.9 Å². The quantitative estimate of drug-likeness (QED) is 0.848. The zero-order chi connectivity index (χ0) is 13.1. The van der Waals surface area contributed by atoms with Crippen LogP contribution in [0.2, 0.25) is 0 Å². The second kappa shape index (κ2) is 4.87. The third-order valence-corrected chi connectivity index (χ3v) is 2.71. The van der Waals surface area contributed by atoms with E-state index < -0.39 is 5.91 Å². The Balaban J connectivity index is 2.28. The van der Waals surface area contributed by atoms with Gasteiger partial charge in [-0.15, -0.1) is 0 Å². The van der Waals surface area contributed by atoms with Crippen LogP contribution < -0.4 is 10.9 Å². The molecule has 4 nitrogen and oxygen atoms in total. The minimum absolute atomic E-state index is 0.151. The molecule has 0 spiro atoms. The number of anilines is 1. The van der Waals surface area contributed by atoms with Gasteiger partial charge in [-0.3, -0.25) is 9.59 Å². The van der Waals surface area contributed by atoms with Gasteiger partial charge in [0.2, 0.25) is 0 Å². The van der Waals surface area contributed by atoms with Crippen molar-refractivity contribution in [3.8, 4) is 0 Å². The molecule has 2 N–H and O–H groups in total. The molecule has 0 fully saturated rings. The maximum Gasteiger partial charge on any atom is 0.261 e. The summed E-state index contributed by atoms with van der Waals surface area (Å²) in [5, 5.41) is 2.71. The number of hydrogen-bond acceptors (Lipinski definition) is 2. The third kappa shape index (κ3) is 2.48. The molecule has 18 heavy (non-hydrogen) atoms. The van der Waals surface area contributed by atoms with Crippen molar-refractivity contribution in [1.29, 1.82) is 0 Å². The molecule has 0 saturated heterocycles. The summed E-state index contributed by atoms with van der Waals surface area (Å²) in [4.78, 5) is 26.1. The summed E-state index contributed by atoms with van der Waals surface area (Å²) in [5.74, 6) is -0.391. The van der Waals surface area contributed by atoms with E-state index in [-0.39, 0.29) is 11.1 Å². The SMILES string of the molecule is Cc1ccc(NC(=O)c2c(C)cc[nH]c2=O)cc1. The molecule has 1 aromatic carbocycles. The van der Waals surface area contributed by atoms with E-state index in [0.717, 1.165) is 5.56 Å². The van der Waals surface area contributed by atoms with E-state index in [1.807, 2.05) is 19.1 Å². The molecule has 0 bridgehead atoms. The lowest BCUT2D eigenvalue weighted by Gasteiger charge is -2.06. The van der Waals surface area contributed by atoms with Gasteiger partial charge in [-0.25, -0.2) is 0 Å². The van der Waals surface area contributed by atoms with E-state index in [9.17, 15) is 9.59 Å². The third-order valence-electron chi connectivity index (χ3n) is 2.71. The molecule has 0 aliphatic heterocycles. The first kappa shape index (κ1) is 12.1. The largest absolute Gasteiger partial charge is 0.328 e. The molecular formula is C14H14N2O2. The summed E-state index contributed by atoms with van der Waals surface area (Å²) in [6, 6.07) is 9.11. The highest BCUT2D eigenvalue weighted by molar-refractivity contribution is 6.04. The lowest BCUT2D eigenvalue weighted by Crippen LogP contribution is -2.24. The van der Waals surface area contributed by atoms with Gasteiger partial charge in [0.1, 0.15) is 5.56 Å². The Bertz CT molecular complexity index is 627. The summed E-state index contributed by atoms with van der Waals surface area (Å²) >= 11 is 0. The number of carbonyl (C=O) groups excluding carboxylic acids is 1. The number of hydrogen-bond donors (Lipinski definition) is 2. The predicted octanol–water partition coefficient (Wildman–Crippen LogP) is 2.24. The molecule has 0 unspecified atom stereocenters. The van der Waals surface area contributed by atoms with Crippen LogP contribution in [-0.4, -0.2) is 10.9 Å². The van der Waals surface area contributed by atoms with Crippen molar-refractivity contribution >= 4 is 11.6 Å². The Labute approximate surface area is 105 Å². The highest BCUT2D eigenvalue weighted by atomic mass is 16.2. The van der Waals surface area contributed by atoms with Gasteiger partial charge < -0.3 is 10.3 Å². The first-order valence-corrected chi connectivity index (χ1v) is 5.64. The monoisotopic (exact) mass is 242 g/mol. The number of pyridine rings is 1. The number of amides is 1. The number of aromatic nitrogens is 1. The Morgan fingerprint density at radius 1 is 1.11 bits per heavy atom. The molecule has 1 heterocycles. The Hall–Kier alpha value is -2.36. The summed E-state index contributed by atoms with van der Waals surface area (Å²) in [6.07, 6.45) is 1.53. The second-order valence-corrected chi connectivity index (χ2v) is 4.18. The smallest absolute Gasteiger partial charge is 0.261 e. The standard InChI is InChI=1S/C14H14N2O2/c1-9-3-5-11(6-4-9)16-14(18)12-10(2)7-8-15-13(12)17/h3-8H,1-2H3,(H,15,17)(H,16,18). The predicted molar refractivity (Wildman–Crippen MR) is 70.9 cm³/mol. The second-order valence-electron chi connectivity index (χ2n) is 4.18. The zero-order valence-electron chi connectivity index (χ0n) is 10.3. The van der Waals surface area contributed by atoms with Gasteiger partial charge in [-0.2, -0.15) is 0 Å². The highest BCUT2D eigenvalue weighted by Gasteiger charge is 2.13.